The van der Waals surface area contributed by atoms with Crippen molar-refractivity contribution in [3.63, 3.8) is 0 Å². The molecule has 7 aromatic rings. The van der Waals surface area contributed by atoms with Gasteiger partial charge < -0.3 is 62.3 Å². The molecule has 0 amide bonds. The lowest BCUT2D eigenvalue weighted by Crippen LogP contribution is -2.51. The predicted octanol–water partition coefficient (Wildman–Crippen LogP) is 8.48. The van der Waals surface area contributed by atoms with Crippen molar-refractivity contribution in [2.24, 2.45) is 0 Å². The van der Waals surface area contributed by atoms with E-state index in [0.717, 1.165) is 90.8 Å². The van der Waals surface area contributed by atoms with Crippen LogP contribution in [-0.4, -0.2) is 93.4 Å². The van der Waals surface area contributed by atoms with E-state index in [-0.39, 0.29) is 6.54 Å². The first kappa shape index (κ1) is 42.9. The van der Waals surface area contributed by atoms with Crippen LogP contribution in [-0.2, 0) is 19.5 Å². The number of pyridine rings is 1. The third kappa shape index (κ3) is 6.36. The van der Waals surface area contributed by atoms with Crippen LogP contribution in [0.1, 0.15) is 42.2 Å². The molecule has 3 aliphatic rings. The molecule has 0 saturated carbocycles. The molecule has 1 saturated heterocycles. The molecule has 3 aliphatic heterocycles. The molecular formula is C50H55N2O12+. The van der Waals surface area contributed by atoms with Gasteiger partial charge >= 0.3 is 0 Å². The first-order chi connectivity index (χ1) is 31.1. The molecule has 336 valence electrons. The second kappa shape index (κ2) is 16.6. The number of fused-ring (bicyclic) bond motifs is 14. The Bertz CT molecular complexity index is 3010. The third-order valence-corrected chi connectivity index (χ3v) is 13.6. The summed E-state index contributed by atoms with van der Waals surface area (Å²) in [5.74, 6) is 5.79. The number of aliphatic hydroxyl groups excluding tert-OH is 1. The highest BCUT2D eigenvalue weighted by Gasteiger charge is 2.47. The van der Waals surface area contributed by atoms with Crippen molar-refractivity contribution in [3.05, 3.63) is 70.7 Å². The summed E-state index contributed by atoms with van der Waals surface area (Å²) in [5.41, 5.74) is 2.91. The number of hydrogen-bond acceptors (Lipinski definition) is 12. The smallest absolute Gasteiger partial charge is 0.203 e. The van der Waals surface area contributed by atoms with Gasteiger partial charge in [-0.15, -0.1) is 0 Å². The molecule has 1 N–H and O–H groups in total. The minimum Gasteiger partial charge on any atom is -0.632 e. The van der Waals surface area contributed by atoms with Crippen molar-refractivity contribution in [2.45, 2.75) is 50.9 Å². The van der Waals surface area contributed by atoms with Crippen LogP contribution in [0.25, 0.3) is 53.9 Å². The van der Waals surface area contributed by atoms with Crippen LogP contribution < -0.4 is 51.9 Å². The molecule has 6 aromatic carbocycles. The Labute approximate surface area is 371 Å². The molecule has 14 nitrogen and oxygen atoms in total. The van der Waals surface area contributed by atoms with Gasteiger partial charge in [-0.05, 0) is 63.3 Å². The van der Waals surface area contributed by atoms with E-state index in [1.54, 1.807) is 71.1 Å². The van der Waals surface area contributed by atoms with Crippen LogP contribution in [0, 0.1) is 5.21 Å². The molecule has 0 aliphatic carbocycles. The van der Waals surface area contributed by atoms with Gasteiger partial charge in [0, 0.05) is 64.4 Å². The van der Waals surface area contributed by atoms with Gasteiger partial charge in [-0.25, -0.2) is 4.57 Å². The molecule has 14 heteroatoms. The number of nitrogens with zero attached hydrogens (tertiary/aromatic N) is 2. The van der Waals surface area contributed by atoms with Gasteiger partial charge in [0.15, 0.2) is 57.9 Å². The summed E-state index contributed by atoms with van der Waals surface area (Å²) in [7, 11) is 16.1. The molecule has 1 aromatic heterocycles. The van der Waals surface area contributed by atoms with Gasteiger partial charge in [-0.3, -0.25) is 0 Å². The van der Waals surface area contributed by atoms with Gasteiger partial charge in [0.05, 0.1) is 83.0 Å². The normalized spacial score (nSPS) is 18.6. The number of aromatic nitrogens is 1. The molecule has 10 rings (SSSR count). The monoisotopic (exact) mass is 875 g/mol. The fraction of sp³-hybridized carbons (Fsp3) is 0.380. The Kier molecular flexibility index (Phi) is 11.2. The van der Waals surface area contributed by atoms with Crippen LogP contribution in [0.5, 0.6) is 57.5 Å². The average Bonchev–Trinajstić information content (AvgIpc) is 3.97. The topological polar surface area (TPSA) is 139 Å². The Balaban J connectivity index is 0.000000162. The number of quaternary nitrogens is 1. The summed E-state index contributed by atoms with van der Waals surface area (Å²) in [6.07, 6.45) is 5.08. The van der Waals surface area contributed by atoms with Crippen molar-refractivity contribution in [2.75, 3.05) is 77.6 Å². The molecule has 1 unspecified atom stereocenters. The predicted molar refractivity (Wildman–Crippen MR) is 245 cm³/mol. The van der Waals surface area contributed by atoms with E-state index in [2.05, 4.69) is 16.8 Å². The van der Waals surface area contributed by atoms with E-state index in [4.69, 9.17) is 47.4 Å². The number of methoxy groups -OCH3 is 10. The molecule has 1 fully saturated rings. The Morgan fingerprint density at radius 2 is 0.969 bits per heavy atom. The fourth-order valence-corrected chi connectivity index (χ4v) is 10.7. The summed E-state index contributed by atoms with van der Waals surface area (Å²) < 4.78 is 58.7. The molecule has 64 heavy (non-hydrogen) atoms. The van der Waals surface area contributed by atoms with Crippen molar-refractivity contribution in [1.82, 2.24) is 0 Å². The van der Waals surface area contributed by atoms with Crippen molar-refractivity contribution in [3.8, 4) is 57.5 Å². The molecule has 0 bridgehead atoms. The fourth-order valence-electron chi connectivity index (χ4n) is 10.7. The average molecular weight is 876 g/mol. The Hall–Kier alpha value is -6.35. The van der Waals surface area contributed by atoms with E-state index in [1.807, 2.05) is 36.4 Å². The first-order valence-electron chi connectivity index (χ1n) is 21.3. The van der Waals surface area contributed by atoms with Gasteiger partial charge in [0.25, 0.3) is 0 Å². The van der Waals surface area contributed by atoms with Gasteiger partial charge in [-0.1, -0.05) is 0 Å². The second-order valence-corrected chi connectivity index (χ2v) is 16.4. The first-order valence-corrected chi connectivity index (χ1v) is 21.3. The number of aliphatic hydroxyl groups is 1. The van der Waals surface area contributed by atoms with E-state index in [9.17, 15) is 10.3 Å². The summed E-state index contributed by atoms with van der Waals surface area (Å²) in [4.78, 5) is 0. The standard InChI is InChI=1S/C25H29NO7.C25H26NO5/c1-29-18-9-13-14(10-19(18)30-2)22-15(11-20(31-3)24(32-4)25(22)33-5)21-16(13)12-26(28)8-6-7-17(26)23(21)27;1-27-20-10-16-17(11-21(20)28-2)23-18(12-22(29-3)24(30-4)25(23)31-5)15-9-14-7-6-8-26(14)13-19(15)16/h9-11,17,23,27H,6-8,12H2,1-5H3;9-13H,6-8H2,1-5H3/q;+1/t17-,23+,26?;/m0./s1. The number of rotatable bonds is 10. The largest absolute Gasteiger partial charge is 0.632 e. The van der Waals surface area contributed by atoms with Crippen LogP contribution >= 0.6 is 0 Å². The highest BCUT2D eigenvalue weighted by atomic mass is 16.6. The number of hydroxylamine groups is 3. The lowest BCUT2D eigenvalue weighted by atomic mass is 9.82. The molecule has 0 radical (unpaired) electrons. The minimum atomic E-state index is -0.906. The van der Waals surface area contributed by atoms with E-state index in [1.165, 1.54) is 5.69 Å². The van der Waals surface area contributed by atoms with Gasteiger partial charge in [0.2, 0.25) is 11.5 Å². The Morgan fingerprint density at radius 3 is 1.50 bits per heavy atom. The third-order valence-electron chi connectivity index (χ3n) is 13.6. The Morgan fingerprint density at radius 1 is 0.516 bits per heavy atom. The maximum absolute atomic E-state index is 13.7. The SMILES string of the molecule is COc1cc2c3c(c4cc(OC)c(OC)c(OC)c4c2cc1OC)[C@H](O)[C@@H]1CCC[N+]1([O-])C3.COc1cc2c3c[n+]4c(cc3c3cc(OC)c(OC)c(OC)c3c2cc1OC)CCC4. The van der Waals surface area contributed by atoms with Crippen LogP contribution in [0.2, 0.25) is 0 Å². The van der Waals surface area contributed by atoms with Crippen LogP contribution in [0.3, 0.4) is 0 Å². The van der Waals surface area contributed by atoms with Gasteiger partial charge in [0.1, 0.15) is 25.2 Å². The maximum atomic E-state index is 13.7. The van der Waals surface area contributed by atoms with Crippen molar-refractivity contribution < 1.29 is 61.7 Å². The highest BCUT2D eigenvalue weighted by molar-refractivity contribution is 6.28. The van der Waals surface area contributed by atoms with Crippen LogP contribution in [0.4, 0.5) is 0 Å². The van der Waals surface area contributed by atoms with E-state index < -0.39 is 16.8 Å². The number of hydrogen-bond donors (Lipinski definition) is 1. The summed E-state index contributed by atoms with van der Waals surface area (Å²) in [6.45, 7) is 1.83. The van der Waals surface area contributed by atoms with Crippen LogP contribution in [0.15, 0.2) is 48.7 Å². The maximum Gasteiger partial charge on any atom is 0.203 e. The molecule has 0 spiro atoms. The van der Waals surface area contributed by atoms with Crippen molar-refractivity contribution in [1.29, 1.82) is 0 Å². The number of aryl methyl sites for hydroxylation is 2. The zero-order chi connectivity index (χ0) is 45.2. The zero-order valence-corrected chi connectivity index (χ0v) is 38.1. The number of benzene rings is 6. The van der Waals surface area contributed by atoms with E-state index >= 15 is 0 Å². The summed E-state index contributed by atoms with van der Waals surface area (Å²) in [6, 6.07) is 13.7. The lowest BCUT2D eigenvalue weighted by Gasteiger charge is -2.50. The molecule has 4 heterocycles. The van der Waals surface area contributed by atoms with Gasteiger partial charge in [-0.2, -0.15) is 0 Å². The minimum absolute atomic E-state index is 0.287. The van der Waals surface area contributed by atoms with E-state index in [0.29, 0.717) is 70.5 Å². The highest BCUT2D eigenvalue weighted by Crippen LogP contribution is 2.55. The molecule has 3 atom stereocenters. The second-order valence-electron chi connectivity index (χ2n) is 16.4. The quantitative estimate of drug-likeness (QED) is 0.0610. The summed E-state index contributed by atoms with van der Waals surface area (Å²) in [5, 5.41) is 34.9. The molecular weight excluding hydrogens is 821 g/mol. The summed E-state index contributed by atoms with van der Waals surface area (Å²) >= 11 is 0. The van der Waals surface area contributed by atoms with Crippen molar-refractivity contribution >= 4 is 53.9 Å². The lowest BCUT2D eigenvalue weighted by molar-refractivity contribution is -0.912. The zero-order valence-electron chi connectivity index (χ0n) is 38.1. The number of ether oxygens (including phenoxy) is 10.